The third-order valence-corrected chi connectivity index (χ3v) is 4.37. The Balaban J connectivity index is 2.27. The topological polar surface area (TPSA) is 49.8 Å². The predicted octanol–water partition coefficient (Wildman–Crippen LogP) is 2.41. The molecule has 0 aliphatic rings. The van der Waals surface area contributed by atoms with Gasteiger partial charge < -0.3 is 9.84 Å². The van der Waals surface area contributed by atoms with Gasteiger partial charge >= 0.3 is 0 Å². The van der Waals surface area contributed by atoms with E-state index in [0.29, 0.717) is 15.9 Å². The van der Waals surface area contributed by atoms with Crippen LogP contribution in [0, 0.1) is 5.82 Å². The largest absolute Gasteiger partial charge is 0.508 e. The summed E-state index contributed by atoms with van der Waals surface area (Å²) in [5, 5.41) is 10.0. The number of ether oxygens (including phenoxy) is 1. The molecule has 0 heterocycles. The molecule has 0 saturated heterocycles. The van der Waals surface area contributed by atoms with E-state index in [4.69, 9.17) is 4.74 Å². The normalized spacial score (nSPS) is 12.4. The molecular weight excluding hydrogens is 312 g/mol. The summed E-state index contributed by atoms with van der Waals surface area (Å²) in [4.78, 5) is 0.638. The number of hydrogen-bond acceptors (Lipinski definition) is 3. The third-order valence-electron chi connectivity index (χ3n) is 2.60. The van der Waals surface area contributed by atoms with Crippen LogP contribution in [-0.2, 0) is 11.0 Å². The van der Waals surface area contributed by atoms with E-state index in [1.54, 1.807) is 36.6 Å². The minimum Gasteiger partial charge on any atom is -0.508 e. The molecule has 0 radical (unpaired) electrons. The Morgan fingerprint density at radius 2 is 1.95 bits per heavy atom. The van der Waals surface area contributed by atoms with E-state index in [1.807, 2.05) is 0 Å². The highest BCUT2D eigenvalue weighted by atomic mass is 32.2. The first-order chi connectivity index (χ1) is 9.86. The summed E-state index contributed by atoms with van der Waals surface area (Å²) in [6.07, 6.45) is 0. The van der Waals surface area contributed by atoms with Crippen molar-refractivity contribution in [2.45, 2.75) is 4.90 Å². The average Bonchev–Trinajstić information content (AvgIpc) is 2.39. The van der Waals surface area contributed by atoms with Crippen LogP contribution in [0.15, 0.2) is 41.3 Å². The lowest BCUT2D eigenvalue weighted by Crippen LogP contribution is -2.16. The van der Waals surface area contributed by atoms with Crippen molar-refractivity contribution < 1.29 is 18.4 Å². The second-order valence-corrected chi connectivity index (χ2v) is 6.83. The Labute approximate surface area is 127 Å². The number of aromatic hydroxyl groups is 1. The third kappa shape index (κ3) is 4.00. The Hall–Kier alpha value is -1.49. The van der Waals surface area contributed by atoms with E-state index in [9.17, 15) is 13.7 Å². The Kier molecular flexibility index (Phi) is 4.93. The molecule has 7 heteroatoms. The maximum atomic E-state index is 13.2. The van der Waals surface area contributed by atoms with E-state index in [1.165, 1.54) is 12.1 Å². The minimum atomic E-state index is -1.24. The molecule has 2 aromatic rings. The number of phenols is 1. The summed E-state index contributed by atoms with van der Waals surface area (Å²) in [6, 6.07) is 8.54. The first-order valence-electron chi connectivity index (χ1n) is 6.03. The monoisotopic (exact) mass is 327 g/mol. The number of benzene rings is 2. The smallest absolute Gasteiger partial charge is 0.134 e. The van der Waals surface area contributed by atoms with Crippen LogP contribution in [0.25, 0.3) is 0 Å². The van der Waals surface area contributed by atoms with Crippen LogP contribution >= 0.6 is 9.24 Å². The predicted molar refractivity (Wildman–Crippen MR) is 84.0 cm³/mol. The summed E-state index contributed by atoms with van der Waals surface area (Å²) in [7, 11) is 4.68. The van der Waals surface area contributed by atoms with Crippen LogP contribution in [-0.4, -0.2) is 27.7 Å². The molecule has 2 atom stereocenters. The lowest BCUT2D eigenvalue weighted by Gasteiger charge is -2.13. The molecule has 0 aliphatic heterocycles. The average molecular weight is 327 g/mol. The summed E-state index contributed by atoms with van der Waals surface area (Å²) >= 11 is 0. The number of halogens is 1. The molecule has 4 nitrogen and oxygen atoms in total. The van der Waals surface area contributed by atoms with Gasteiger partial charge in [-0.25, -0.2) is 12.9 Å². The molecule has 2 rings (SSSR count). The maximum Gasteiger partial charge on any atom is 0.134 e. The fourth-order valence-corrected chi connectivity index (χ4v) is 2.96. The molecule has 112 valence electrons. The van der Waals surface area contributed by atoms with Gasteiger partial charge in [0.25, 0.3) is 0 Å². The van der Waals surface area contributed by atoms with Gasteiger partial charge in [0.05, 0.1) is 4.90 Å². The zero-order chi connectivity index (χ0) is 15.6. The number of hydrogen-bond donors (Lipinski definition) is 1. The molecule has 0 aromatic heterocycles. The molecule has 2 aromatic carbocycles. The van der Waals surface area contributed by atoms with E-state index in [2.05, 4.69) is 9.24 Å². The van der Waals surface area contributed by atoms with Crippen molar-refractivity contribution in [3.63, 3.8) is 0 Å². The van der Waals surface area contributed by atoms with Crippen LogP contribution in [0.4, 0.5) is 4.39 Å². The fraction of sp³-hybridized carbons (Fsp3) is 0.143. The standard InChI is InChI=1S/C14H15FNO3PS/c1-16(2)21(18)12-3-4-13(14(20)8-12)19-11-6-9(15)5-10(17)7-11/h3-8,17H,20H2,1-2H3. The molecule has 21 heavy (non-hydrogen) atoms. The lowest BCUT2D eigenvalue weighted by molar-refractivity contribution is 0.447. The van der Waals surface area contributed by atoms with Crippen LogP contribution in [0.1, 0.15) is 0 Å². The van der Waals surface area contributed by atoms with Gasteiger partial charge in [0.2, 0.25) is 0 Å². The summed E-state index contributed by atoms with van der Waals surface area (Å²) in [6.45, 7) is 0. The van der Waals surface area contributed by atoms with E-state index in [-0.39, 0.29) is 11.5 Å². The van der Waals surface area contributed by atoms with Gasteiger partial charge in [-0.1, -0.05) is 0 Å². The molecule has 0 amide bonds. The van der Waals surface area contributed by atoms with Gasteiger partial charge in [-0.15, -0.1) is 9.24 Å². The van der Waals surface area contributed by atoms with Gasteiger partial charge in [-0.05, 0) is 32.3 Å². The number of phenolic OH excluding ortho intramolecular Hbond substituents is 1. The first-order valence-corrected chi connectivity index (χ1v) is 7.71. The molecule has 1 N–H and O–H groups in total. The SMILES string of the molecule is CN(C)S(=O)c1ccc(Oc2cc(O)cc(F)c2)c(P)c1. The molecule has 2 unspecified atom stereocenters. The molecule has 0 fully saturated rings. The highest BCUT2D eigenvalue weighted by Crippen LogP contribution is 2.27. The van der Waals surface area contributed by atoms with Crippen molar-refractivity contribution in [1.29, 1.82) is 0 Å². The van der Waals surface area contributed by atoms with Gasteiger partial charge in [-0.2, -0.15) is 0 Å². The van der Waals surface area contributed by atoms with E-state index < -0.39 is 16.8 Å². The van der Waals surface area contributed by atoms with Gasteiger partial charge in [0.15, 0.2) is 0 Å². The van der Waals surface area contributed by atoms with Crippen LogP contribution < -0.4 is 10.0 Å². The van der Waals surface area contributed by atoms with Crippen LogP contribution in [0.2, 0.25) is 0 Å². The van der Waals surface area contributed by atoms with Gasteiger partial charge in [0.1, 0.15) is 34.1 Å². The van der Waals surface area contributed by atoms with Crippen molar-refractivity contribution in [3.05, 3.63) is 42.2 Å². The fourth-order valence-electron chi connectivity index (χ4n) is 1.67. The zero-order valence-corrected chi connectivity index (χ0v) is 13.5. The molecule has 0 bridgehead atoms. The minimum absolute atomic E-state index is 0.192. The summed E-state index contributed by atoms with van der Waals surface area (Å²) < 4.78 is 32.3. The second-order valence-electron chi connectivity index (χ2n) is 4.51. The molecule has 0 aliphatic carbocycles. The summed E-state index contributed by atoms with van der Waals surface area (Å²) in [5.74, 6) is -0.122. The van der Waals surface area contributed by atoms with E-state index >= 15 is 0 Å². The highest BCUT2D eigenvalue weighted by Gasteiger charge is 2.10. The molecular formula is C14H15FNO3PS. The highest BCUT2D eigenvalue weighted by molar-refractivity contribution is 7.82. The van der Waals surface area contributed by atoms with E-state index in [0.717, 1.165) is 6.07 Å². The Bertz CT molecular complexity index is 674. The second kappa shape index (κ2) is 6.52. The first kappa shape index (κ1) is 15.9. The van der Waals surface area contributed by atoms with Gasteiger partial charge in [-0.3, -0.25) is 0 Å². The summed E-state index contributed by atoms with van der Waals surface area (Å²) in [5.41, 5.74) is 0. The maximum absolute atomic E-state index is 13.2. The van der Waals surface area contributed by atoms with Crippen molar-refractivity contribution in [2.24, 2.45) is 0 Å². The number of rotatable bonds is 4. The molecule has 0 spiro atoms. The van der Waals surface area contributed by atoms with Crippen molar-refractivity contribution in [2.75, 3.05) is 14.1 Å². The van der Waals surface area contributed by atoms with Crippen molar-refractivity contribution in [3.8, 4) is 17.2 Å². The molecule has 0 saturated carbocycles. The quantitative estimate of drug-likeness (QED) is 0.878. The lowest BCUT2D eigenvalue weighted by atomic mass is 10.3. The Morgan fingerprint density at radius 3 is 2.52 bits per heavy atom. The van der Waals surface area contributed by atoms with Crippen LogP contribution in [0.3, 0.4) is 0 Å². The Morgan fingerprint density at radius 1 is 1.24 bits per heavy atom. The van der Waals surface area contributed by atoms with Gasteiger partial charge in [0, 0.05) is 23.5 Å². The zero-order valence-electron chi connectivity index (χ0n) is 11.5. The van der Waals surface area contributed by atoms with Crippen molar-refractivity contribution in [1.82, 2.24) is 4.31 Å². The van der Waals surface area contributed by atoms with Crippen LogP contribution in [0.5, 0.6) is 17.2 Å². The van der Waals surface area contributed by atoms with Crippen molar-refractivity contribution >= 4 is 25.5 Å². The number of nitrogens with zero attached hydrogens (tertiary/aromatic N) is 1.